The van der Waals surface area contributed by atoms with E-state index in [1.165, 1.54) is 12.1 Å². The zero-order chi connectivity index (χ0) is 32.8. The molecule has 1 heterocycles. The lowest BCUT2D eigenvalue weighted by Gasteiger charge is -2.44. The molecule has 4 amide bonds. The smallest absolute Gasteiger partial charge is 0.246 e. The third-order valence-corrected chi connectivity index (χ3v) is 8.78. The first-order valence-corrected chi connectivity index (χ1v) is 16.2. The average Bonchev–Trinajstić information content (AvgIpc) is 3.85. The van der Waals surface area contributed by atoms with E-state index in [0.717, 1.165) is 29.2 Å². The summed E-state index contributed by atoms with van der Waals surface area (Å²) in [4.78, 5) is 57.8. The van der Waals surface area contributed by atoms with E-state index in [4.69, 9.17) is 0 Å². The summed E-state index contributed by atoms with van der Waals surface area (Å²) in [5.74, 6) is -1.08. The highest BCUT2D eigenvalue weighted by atomic mass is 19.1. The molecule has 3 atom stereocenters. The topological polar surface area (TPSA) is 111 Å². The number of nitrogens with zero attached hydrogens (tertiary/aromatic N) is 2. The summed E-state index contributed by atoms with van der Waals surface area (Å²) in [7, 11) is 1.65. The van der Waals surface area contributed by atoms with Gasteiger partial charge in [0.25, 0.3) is 0 Å². The van der Waals surface area contributed by atoms with Crippen LogP contribution < -0.4 is 16.0 Å². The summed E-state index contributed by atoms with van der Waals surface area (Å²) >= 11 is 0. The van der Waals surface area contributed by atoms with Crippen LogP contribution >= 0.6 is 0 Å². The second kappa shape index (κ2) is 14.9. The highest BCUT2D eigenvalue weighted by Crippen LogP contribution is 2.37. The lowest BCUT2D eigenvalue weighted by molar-refractivity contribution is -0.156. The van der Waals surface area contributed by atoms with Crippen LogP contribution in [0.1, 0.15) is 56.7 Å². The van der Waals surface area contributed by atoms with E-state index in [9.17, 15) is 23.6 Å². The standard InChI is InChI=1S/C36H44FN5O4/c1-23(2)39-35(45)31(20-25-10-11-26-6-4-5-7-28(26)18-25)42-17-16-41(32(36(42)46)19-24-8-9-24)34(44)21-30(40-33(43)22-38-3)27-12-14-29(37)15-13-27/h4-7,10-15,18,23-24,30-32,38H,8-9,16-17,19-22H2,1-3H3,(H,39,45)(H,40,43)/t30?,31-,32?/m0/s1. The second-order valence-electron chi connectivity index (χ2n) is 12.8. The van der Waals surface area contributed by atoms with E-state index >= 15 is 0 Å². The number of hydrogen-bond acceptors (Lipinski definition) is 5. The van der Waals surface area contributed by atoms with E-state index < -0.39 is 23.9 Å². The van der Waals surface area contributed by atoms with Crippen LogP contribution in [0.3, 0.4) is 0 Å². The molecule has 1 saturated heterocycles. The van der Waals surface area contributed by atoms with Crippen molar-refractivity contribution in [2.45, 2.75) is 70.1 Å². The van der Waals surface area contributed by atoms with Crippen LogP contribution in [0.2, 0.25) is 0 Å². The summed E-state index contributed by atoms with van der Waals surface area (Å²) in [5, 5.41) is 10.9. The predicted octanol–water partition coefficient (Wildman–Crippen LogP) is 3.72. The Morgan fingerprint density at radius 3 is 2.33 bits per heavy atom. The van der Waals surface area contributed by atoms with Gasteiger partial charge < -0.3 is 25.8 Å². The highest BCUT2D eigenvalue weighted by molar-refractivity contribution is 5.94. The third kappa shape index (κ3) is 8.28. The lowest BCUT2D eigenvalue weighted by Crippen LogP contribution is -2.64. The summed E-state index contributed by atoms with van der Waals surface area (Å²) in [6.45, 7) is 4.33. The van der Waals surface area contributed by atoms with Crippen LogP contribution in [0.25, 0.3) is 10.8 Å². The van der Waals surface area contributed by atoms with Crippen LogP contribution in [0.5, 0.6) is 0 Å². The number of hydrogen-bond donors (Lipinski definition) is 3. The lowest BCUT2D eigenvalue weighted by atomic mass is 9.96. The van der Waals surface area contributed by atoms with E-state index in [0.29, 0.717) is 24.3 Å². The fourth-order valence-electron chi connectivity index (χ4n) is 6.27. The predicted molar refractivity (Wildman–Crippen MR) is 175 cm³/mol. The van der Waals surface area contributed by atoms with Gasteiger partial charge in [-0.1, -0.05) is 67.4 Å². The normalized spacial score (nSPS) is 18.0. The molecule has 1 aliphatic carbocycles. The van der Waals surface area contributed by atoms with Crippen molar-refractivity contribution < 1.29 is 23.6 Å². The van der Waals surface area contributed by atoms with Crippen molar-refractivity contribution >= 4 is 34.4 Å². The van der Waals surface area contributed by atoms with Gasteiger partial charge in [-0.25, -0.2) is 4.39 Å². The number of fused-ring (bicyclic) bond motifs is 1. The molecule has 2 fully saturated rings. The molecule has 2 aliphatic rings. The average molecular weight is 630 g/mol. The Morgan fingerprint density at radius 2 is 1.65 bits per heavy atom. The number of carbonyl (C=O) groups excluding carboxylic acids is 4. The van der Waals surface area contributed by atoms with Gasteiger partial charge in [0.2, 0.25) is 23.6 Å². The van der Waals surface area contributed by atoms with E-state index in [1.807, 2.05) is 50.2 Å². The monoisotopic (exact) mass is 629 g/mol. The maximum atomic E-state index is 14.3. The zero-order valence-corrected chi connectivity index (χ0v) is 26.8. The molecular weight excluding hydrogens is 585 g/mol. The number of benzene rings is 3. The molecule has 0 bridgehead atoms. The van der Waals surface area contributed by atoms with Crippen LogP contribution in [0.4, 0.5) is 4.39 Å². The van der Waals surface area contributed by atoms with Crippen LogP contribution in [0.15, 0.2) is 66.7 Å². The Bertz CT molecular complexity index is 1560. The number of likely N-dealkylation sites (N-methyl/N-ethyl adjacent to an activating group) is 1. The molecule has 2 unspecified atom stereocenters. The largest absolute Gasteiger partial charge is 0.352 e. The highest BCUT2D eigenvalue weighted by Gasteiger charge is 2.44. The first kappa shape index (κ1) is 33.1. The Kier molecular flexibility index (Phi) is 10.7. The molecule has 244 valence electrons. The van der Waals surface area contributed by atoms with Gasteiger partial charge in [0.05, 0.1) is 19.0 Å². The van der Waals surface area contributed by atoms with Gasteiger partial charge in [-0.3, -0.25) is 19.2 Å². The van der Waals surface area contributed by atoms with Crippen molar-refractivity contribution in [2.75, 3.05) is 26.7 Å². The molecule has 0 radical (unpaired) electrons. The van der Waals surface area contributed by atoms with Gasteiger partial charge >= 0.3 is 0 Å². The van der Waals surface area contributed by atoms with Gasteiger partial charge in [0, 0.05) is 25.6 Å². The van der Waals surface area contributed by atoms with Gasteiger partial charge in [-0.15, -0.1) is 0 Å². The second-order valence-corrected chi connectivity index (χ2v) is 12.8. The molecule has 1 aliphatic heterocycles. The van der Waals surface area contributed by atoms with Gasteiger partial charge in [0.1, 0.15) is 17.9 Å². The Balaban J connectivity index is 1.39. The van der Waals surface area contributed by atoms with Crippen molar-refractivity contribution in [3.8, 4) is 0 Å². The minimum Gasteiger partial charge on any atom is -0.352 e. The number of amides is 4. The maximum absolute atomic E-state index is 14.3. The molecule has 9 nitrogen and oxygen atoms in total. The molecule has 0 aromatic heterocycles. The van der Waals surface area contributed by atoms with Crippen LogP contribution in [0, 0.1) is 11.7 Å². The molecule has 3 aromatic carbocycles. The van der Waals surface area contributed by atoms with Gasteiger partial charge in [-0.05, 0) is 67.3 Å². The molecule has 3 N–H and O–H groups in total. The molecule has 5 rings (SSSR count). The summed E-state index contributed by atoms with van der Waals surface area (Å²) < 4.78 is 13.7. The molecule has 3 aromatic rings. The van der Waals surface area contributed by atoms with Crippen molar-refractivity contribution in [2.24, 2.45) is 5.92 Å². The fourth-order valence-corrected chi connectivity index (χ4v) is 6.27. The summed E-state index contributed by atoms with van der Waals surface area (Å²) in [6, 6.07) is 17.6. The SMILES string of the molecule is CNCC(=O)NC(CC(=O)N1CCN([C@@H](Cc2ccc3ccccc3c2)C(=O)NC(C)C)C(=O)C1CC1CC1)c1ccc(F)cc1. The molecule has 1 saturated carbocycles. The quantitative estimate of drug-likeness (QED) is 0.267. The van der Waals surface area contributed by atoms with Crippen molar-refractivity contribution in [1.29, 1.82) is 0 Å². The first-order chi connectivity index (χ1) is 22.1. The summed E-state index contributed by atoms with van der Waals surface area (Å²) in [5.41, 5.74) is 1.55. The number of carbonyl (C=O) groups is 4. The van der Waals surface area contributed by atoms with E-state index in [1.54, 1.807) is 29.0 Å². The Labute approximate surface area is 269 Å². The molecule has 0 spiro atoms. The van der Waals surface area contributed by atoms with Crippen molar-refractivity contribution in [1.82, 2.24) is 25.8 Å². The number of halogens is 1. The number of rotatable bonds is 13. The van der Waals surface area contributed by atoms with Gasteiger partial charge in [0.15, 0.2) is 0 Å². The number of nitrogens with one attached hydrogen (secondary N) is 3. The van der Waals surface area contributed by atoms with Crippen LogP contribution in [-0.2, 0) is 25.6 Å². The number of piperazine rings is 1. The molecule has 46 heavy (non-hydrogen) atoms. The first-order valence-electron chi connectivity index (χ1n) is 16.2. The fraction of sp³-hybridized carbons (Fsp3) is 0.444. The minimum atomic E-state index is -0.734. The van der Waals surface area contributed by atoms with Gasteiger partial charge in [-0.2, -0.15) is 0 Å². The van der Waals surface area contributed by atoms with Crippen molar-refractivity contribution in [3.63, 3.8) is 0 Å². The van der Waals surface area contributed by atoms with E-state index in [2.05, 4.69) is 22.0 Å². The minimum absolute atomic E-state index is 0.0599. The summed E-state index contributed by atoms with van der Waals surface area (Å²) in [6.07, 6.45) is 2.80. The third-order valence-electron chi connectivity index (χ3n) is 8.78. The molecular formula is C36H44FN5O4. The Hall–Kier alpha value is -4.31. The zero-order valence-electron chi connectivity index (χ0n) is 26.8. The van der Waals surface area contributed by atoms with Crippen LogP contribution in [-0.4, -0.2) is 78.2 Å². The Morgan fingerprint density at radius 1 is 0.935 bits per heavy atom. The maximum Gasteiger partial charge on any atom is 0.246 e. The van der Waals surface area contributed by atoms with Crippen molar-refractivity contribution in [3.05, 3.63) is 83.7 Å². The van der Waals surface area contributed by atoms with E-state index in [-0.39, 0.29) is 55.7 Å². The molecule has 10 heteroatoms.